The van der Waals surface area contributed by atoms with Crippen LogP contribution in [0.4, 0.5) is 4.79 Å². The summed E-state index contributed by atoms with van der Waals surface area (Å²) in [7, 11) is -16.4. The van der Waals surface area contributed by atoms with Crippen LogP contribution >= 0.6 is 23.5 Å². The van der Waals surface area contributed by atoms with Crippen molar-refractivity contribution in [3.8, 4) is 0 Å². The van der Waals surface area contributed by atoms with Gasteiger partial charge >= 0.3 is 29.5 Å². The van der Waals surface area contributed by atoms with E-state index in [1.807, 2.05) is 0 Å². The van der Waals surface area contributed by atoms with Gasteiger partial charge in [0.2, 0.25) is 0 Å². The molecule has 0 aromatic rings. The highest BCUT2D eigenvalue weighted by Gasteiger charge is 2.41. The van der Waals surface area contributed by atoms with E-state index in [1.54, 1.807) is 0 Å². The van der Waals surface area contributed by atoms with E-state index in [9.17, 15) is 18.5 Å². The Morgan fingerprint density at radius 1 is 1.00 bits per heavy atom. The van der Waals surface area contributed by atoms with E-state index in [0.717, 1.165) is 5.48 Å². The quantitative estimate of drug-likeness (QED) is 0.255. The first-order chi connectivity index (χ1) is 7.33. The number of carbonyl (C=O) groups excluding carboxylic acids is 1. The van der Waals surface area contributed by atoms with Crippen LogP contribution in [0.3, 0.4) is 0 Å². The summed E-state index contributed by atoms with van der Waals surface area (Å²) in [6, 6.07) is -1.44. The zero-order chi connectivity index (χ0) is 13.9. The van der Waals surface area contributed by atoms with Crippen molar-refractivity contribution in [3.63, 3.8) is 0 Å². The zero-order valence-corrected chi connectivity index (χ0v) is 10.2. The number of nitrogens with one attached hydrogen (secondary N) is 1. The van der Waals surface area contributed by atoms with Gasteiger partial charge in [0.25, 0.3) is 0 Å². The van der Waals surface area contributed by atoms with E-state index in [4.69, 9.17) is 19.6 Å². The van der Waals surface area contributed by atoms with Crippen molar-refractivity contribution in [2.75, 3.05) is 0 Å². The van der Waals surface area contributed by atoms with E-state index in [2.05, 4.69) is 19.0 Å². The molecule has 0 spiro atoms. The molecule has 13 nitrogen and oxygen atoms in total. The number of urea groups is 1. The van der Waals surface area contributed by atoms with Gasteiger partial charge in [0.1, 0.15) is 0 Å². The van der Waals surface area contributed by atoms with Crippen molar-refractivity contribution in [1.82, 2.24) is 5.48 Å². The van der Waals surface area contributed by atoms with Crippen molar-refractivity contribution in [3.05, 3.63) is 0 Å². The maximum atomic E-state index is 10.8. The number of amides is 2. The van der Waals surface area contributed by atoms with Gasteiger partial charge in [-0.2, -0.15) is 13.2 Å². The Kier molecular flexibility index (Phi) is 5.44. The highest BCUT2D eigenvalue weighted by atomic mass is 31.3. The smallest absolute Gasteiger partial charge is 0.350 e. The van der Waals surface area contributed by atoms with Crippen molar-refractivity contribution < 1.29 is 51.3 Å². The molecule has 0 rings (SSSR count). The van der Waals surface area contributed by atoms with E-state index < -0.39 is 29.5 Å². The van der Waals surface area contributed by atoms with Gasteiger partial charge in [-0.3, -0.25) is 0 Å². The number of hydrogen-bond donors (Lipinski definition) is 6. The molecule has 0 saturated carbocycles. The minimum Gasteiger partial charge on any atom is -0.350 e. The standard InChI is InChI=1S/CH7N2O11P3/c2-1(4)3-12-16(8,9)14-17(10,11)13-15(5,6)7/h(H,8,9)(H,10,11)(H3,2,3,4)(H2,5,6,7). The number of phosphoric acid groups is 3. The van der Waals surface area contributed by atoms with Crippen LogP contribution in [0, 0.1) is 0 Å². The number of primary amides is 1. The van der Waals surface area contributed by atoms with Gasteiger partial charge in [0, 0.05) is 0 Å². The van der Waals surface area contributed by atoms with Crippen molar-refractivity contribution >= 4 is 29.5 Å². The van der Waals surface area contributed by atoms with Crippen LogP contribution in [0.5, 0.6) is 0 Å². The first-order valence-corrected chi connectivity index (χ1v) is 7.73. The van der Waals surface area contributed by atoms with E-state index in [1.165, 1.54) is 0 Å². The molecule has 2 amide bonds. The molecule has 2 unspecified atom stereocenters. The molecular weight excluding hydrogens is 309 g/mol. The number of rotatable bonds is 6. The first kappa shape index (κ1) is 16.7. The van der Waals surface area contributed by atoms with Crippen molar-refractivity contribution in [2.45, 2.75) is 0 Å². The molecule has 17 heavy (non-hydrogen) atoms. The Hall–Kier alpha value is -0.320. The zero-order valence-electron chi connectivity index (χ0n) is 7.57. The molecule has 7 N–H and O–H groups in total. The summed E-state index contributed by atoms with van der Waals surface area (Å²) in [6.07, 6.45) is 0. The van der Waals surface area contributed by atoms with Crippen LogP contribution in [0.15, 0.2) is 0 Å². The summed E-state index contributed by atoms with van der Waals surface area (Å²) >= 11 is 0. The first-order valence-electron chi connectivity index (χ1n) is 3.21. The highest BCUT2D eigenvalue weighted by Crippen LogP contribution is 2.65. The Bertz CT molecular complexity index is 422. The third-order valence-electron chi connectivity index (χ3n) is 0.678. The molecule has 0 aromatic carbocycles. The number of hydrogen-bond acceptors (Lipinski definition) is 7. The average molecular weight is 316 g/mol. The van der Waals surface area contributed by atoms with E-state index in [0.29, 0.717) is 0 Å². The predicted octanol–water partition coefficient (Wildman–Crippen LogP) is -1.09. The fourth-order valence-electron chi connectivity index (χ4n) is 0.399. The SMILES string of the molecule is NC(=O)NOP(=O)(O)OP(=O)(O)OP(=O)(O)O. The summed E-state index contributed by atoms with van der Waals surface area (Å²) < 4.78 is 41.8. The predicted molar refractivity (Wildman–Crippen MR) is 47.7 cm³/mol. The minimum absolute atomic E-state index is 1.09. The largest absolute Gasteiger partial charge is 0.502 e. The van der Waals surface area contributed by atoms with Gasteiger partial charge in [0.15, 0.2) is 0 Å². The molecule has 0 saturated heterocycles. The second-order valence-corrected chi connectivity index (χ2v) is 6.49. The molecule has 0 bridgehead atoms. The lowest BCUT2D eigenvalue weighted by Gasteiger charge is -2.15. The minimum atomic E-state index is -5.59. The van der Waals surface area contributed by atoms with Crippen LogP contribution in [0.25, 0.3) is 0 Å². The van der Waals surface area contributed by atoms with Gasteiger partial charge in [-0.15, -0.1) is 0 Å². The normalized spacial score (nSPS) is 19.1. The van der Waals surface area contributed by atoms with Gasteiger partial charge in [-0.1, -0.05) is 0 Å². The highest BCUT2D eigenvalue weighted by molar-refractivity contribution is 7.66. The topological polar surface area (TPSA) is 215 Å². The van der Waals surface area contributed by atoms with Gasteiger partial charge in [-0.05, 0) is 0 Å². The fraction of sp³-hybridized carbons (Fsp3) is 0. The molecule has 0 radical (unpaired) electrons. The van der Waals surface area contributed by atoms with Crippen LogP contribution in [0.1, 0.15) is 0 Å². The second-order valence-electron chi connectivity index (χ2n) is 2.15. The summed E-state index contributed by atoms with van der Waals surface area (Å²) in [5.41, 5.74) is 5.51. The monoisotopic (exact) mass is 316 g/mol. The van der Waals surface area contributed by atoms with Crippen LogP contribution in [-0.2, 0) is 26.9 Å². The lowest BCUT2D eigenvalue weighted by atomic mass is 11.2. The summed E-state index contributed by atoms with van der Waals surface area (Å²) in [5, 5.41) is 0. The third-order valence-corrected chi connectivity index (χ3v) is 4.33. The fourth-order valence-corrected chi connectivity index (χ4v) is 3.24. The summed E-state index contributed by atoms with van der Waals surface area (Å²) in [4.78, 5) is 43.6. The van der Waals surface area contributed by atoms with Gasteiger partial charge < -0.3 is 25.3 Å². The number of hydroxylamine groups is 1. The van der Waals surface area contributed by atoms with Gasteiger partial charge in [-0.25, -0.2) is 24.0 Å². The lowest BCUT2D eigenvalue weighted by molar-refractivity contribution is 0.128. The Balaban J connectivity index is 4.60. The second kappa shape index (κ2) is 5.55. The van der Waals surface area contributed by atoms with Crippen molar-refractivity contribution in [2.24, 2.45) is 5.73 Å². The maximum Gasteiger partial charge on any atom is 0.502 e. The summed E-state index contributed by atoms with van der Waals surface area (Å²) in [5.74, 6) is 0. The Morgan fingerprint density at radius 2 is 1.47 bits per heavy atom. The molecular formula is CH7N2O11P3. The van der Waals surface area contributed by atoms with Gasteiger partial charge in [0.05, 0.1) is 0 Å². The van der Waals surface area contributed by atoms with Crippen molar-refractivity contribution in [1.29, 1.82) is 0 Å². The molecule has 0 aliphatic rings. The molecule has 0 aliphatic carbocycles. The molecule has 0 aromatic heterocycles. The maximum absolute atomic E-state index is 10.8. The number of carbonyl (C=O) groups is 1. The summed E-state index contributed by atoms with van der Waals surface area (Å²) in [6.45, 7) is 0. The molecule has 0 fully saturated rings. The molecule has 0 aliphatic heterocycles. The van der Waals surface area contributed by atoms with Crippen LogP contribution < -0.4 is 11.2 Å². The third kappa shape index (κ3) is 9.39. The lowest BCUT2D eigenvalue weighted by Crippen LogP contribution is -2.28. The van der Waals surface area contributed by atoms with E-state index >= 15 is 0 Å². The Morgan fingerprint density at radius 3 is 1.82 bits per heavy atom. The van der Waals surface area contributed by atoms with Crippen LogP contribution in [0.2, 0.25) is 0 Å². The van der Waals surface area contributed by atoms with E-state index in [-0.39, 0.29) is 0 Å². The number of nitrogens with two attached hydrogens (primary N) is 1. The molecule has 102 valence electrons. The van der Waals surface area contributed by atoms with Crippen LogP contribution in [-0.4, -0.2) is 25.6 Å². The molecule has 0 heterocycles. The Labute approximate surface area is 92.9 Å². The average Bonchev–Trinajstić information content (AvgIpc) is 1.93. The molecule has 16 heteroatoms. The molecule has 2 atom stereocenters.